The summed E-state index contributed by atoms with van der Waals surface area (Å²) >= 11 is 0. The molecule has 0 saturated carbocycles. The summed E-state index contributed by atoms with van der Waals surface area (Å²) in [5, 5.41) is 8.68. The Balaban J connectivity index is 1.95. The molecule has 0 unspecified atom stereocenters. The Morgan fingerprint density at radius 3 is 2.58 bits per heavy atom. The van der Waals surface area contributed by atoms with E-state index in [1.807, 2.05) is 36.4 Å². The molecule has 3 heterocycles. The van der Waals surface area contributed by atoms with Gasteiger partial charge in [0.15, 0.2) is 11.4 Å². The number of pyridine rings is 1. The molecule has 0 amide bonds. The summed E-state index contributed by atoms with van der Waals surface area (Å²) in [6.45, 7) is 2.76. The molecule has 1 aromatic carbocycles. The van der Waals surface area contributed by atoms with Gasteiger partial charge in [0.2, 0.25) is 5.89 Å². The van der Waals surface area contributed by atoms with Crippen LogP contribution in [0.1, 0.15) is 19.7 Å². The van der Waals surface area contributed by atoms with Crippen molar-refractivity contribution in [3.05, 3.63) is 54.6 Å². The molecule has 0 aliphatic heterocycles. The van der Waals surface area contributed by atoms with Crippen LogP contribution in [0.25, 0.3) is 33.8 Å². The maximum Gasteiger partial charge on any atom is 0.253 e. The molecule has 0 atom stereocenters. The Morgan fingerprint density at radius 2 is 1.88 bits per heavy atom. The van der Waals surface area contributed by atoms with Gasteiger partial charge < -0.3 is 8.83 Å². The molecule has 0 saturated heterocycles. The highest BCUT2D eigenvalue weighted by molar-refractivity contribution is 5.94. The Hall–Kier alpha value is -3.02. The van der Waals surface area contributed by atoms with E-state index in [1.165, 1.54) is 13.8 Å². The zero-order valence-corrected chi connectivity index (χ0v) is 13.2. The van der Waals surface area contributed by atoms with Gasteiger partial charge in [0.1, 0.15) is 5.69 Å². The first-order chi connectivity index (χ1) is 11.5. The van der Waals surface area contributed by atoms with Crippen molar-refractivity contribution in [1.29, 1.82) is 0 Å². The van der Waals surface area contributed by atoms with Gasteiger partial charge >= 0.3 is 0 Å². The lowest BCUT2D eigenvalue weighted by atomic mass is 10.1. The summed E-state index contributed by atoms with van der Waals surface area (Å²) in [7, 11) is 0. The fourth-order valence-corrected chi connectivity index (χ4v) is 2.48. The predicted octanol–water partition coefficient (Wildman–Crippen LogP) is 4.75. The number of benzene rings is 1. The van der Waals surface area contributed by atoms with E-state index in [-0.39, 0.29) is 11.8 Å². The first-order valence-corrected chi connectivity index (χ1v) is 7.49. The van der Waals surface area contributed by atoms with Gasteiger partial charge in [-0.3, -0.25) is 0 Å². The van der Waals surface area contributed by atoms with Crippen LogP contribution in [0.2, 0.25) is 0 Å². The number of furan rings is 1. The molecule has 0 fully saturated rings. The maximum atomic E-state index is 14.0. The van der Waals surface area contributed by atoms with Crippen LogP contribution < -0.4 is 0 Å². The van der Waals surface area contributed by atoms with Crippen molar-refractivity contribution in [2.45, 2.75) is 19.5 Å². The molecule has 6 heteroatoms. The van der Waals surface area contributed by atoms with Crippen LogP contribution in [0.3, 0.4) is 0 Å². The van der Waals surface area contributed by atoms with Crippen LogP contribution in [0.15, 0.2) is 57.6 Å². The standard InChI is InChI=1S/C18H14FN3O2/c1-18(2,19)17-22-21-16(24-17)12-10-14(15-8-5-9-23-15)20-13-7-4-3-6-11(12)13/h3-10H,1-2H3. The molecule has 0 radical (unpaired) electrons. The molecule has 5 nitrogen and oxygen atoms in total. The van der Waals surface area contributed by atoms with Crippen LogP contribution >= 0.6 is 0 Å². The maximum absolute atomic E-state index is 14.0. The molecule has 120 valence electrons. The highest BCUT2D eigenvalue weighted by Gasteiger charge is 2.27. The van der Waals surface area contributed by atoms with E-state index in [2.05, 4.69) is 15.2 Å². The van der Waals surface area contributed by atoms with E-state index in [9.17, 15) is 4.39 Å². The van der Waals surface area contributed by atoms with Crippen LogP contribution in [-0.4, -0.2) is 15.2 Å². The number of halogens is 1. The molecule has 0 bridgehead atoms. The number of fused-ring (bicyclic) bond motifs is 1. The van der Waals surface area contributed by atoms with Gasteiger partial charge in [0.25, 0.3) is 5.89 Å². The number of aromatic nitrogens is 3. The lowest BCUT2D eigenvalue weighted by Crippen LogP contribution is -2.09. The molecule has 0 aliphatic carbocycles. The van der Waals surface area contributed by atoms with E-state index in [0.29, 0.717) is 17.0 Å². The quantitative estimate of drug-likeness (QED) is 0.544. The fraction of sp³-hybridized carbons (Fsp3) is 0.167. The first kappa shape index (κ1) is 14.6. The topological polar surface area (TPSA) is 65.0 Å². The van der Waals surface area contributed by atoms with Gasteiger partial charge in [-0.25, -0.2) is 9.37 Å². The second-order valence-electron chi connectivity index (χ2n) is 5.93. The van der Waals surface area contributed by atoms with Crippen LogP contribution in [0, 0.1) is 0 Å². The first-order valence-electron chi connectivity index (χ1n) is 7.49. The second kappa shape index (κ2) is 5.26. The zero-order chi connectivity index (χ0) is 16.7. The largest absolute Gasteiger partial charge is 0.463 e. The molecule has 4 aromatic rings. The Bertz CT molecular complexity index is 1000. The van der Waals surface area contributed by atoms with Crippen molar-refractivity contribution >= 4 is 10.9 Å². The minimum atomic E-state index is -1.70. The highest BCUT2D eigenvalue weighted by Crippen LogP contribution is 2.33. The van der Waals surface area contributed by atoms with Crippen LogP contribution in [-0.2, 0) is 5.67 Å². The summed E-state index contributed by atoms with van der Waals surface area (Å²) in [6, 6.07) is 13.0. The van der Waals surface area contributed by atoms with E-state index in [4.69, 9.17) is 8.83 Å². The van der Waals surface area contributed by atoms with Crippen molar-refractivity contribution < 1.29 is 13.2 Å². The number of nitrogens with zero attached hydrogens (tertiary/aromatic N) is 3. The monoisotopic (exact) mass is 323 g/mol. The highest BCUT2D eigenvalue weighted by atomic mass is 19.1. The molecular weight excluding hydrogens is 309 g/mol. The molecule has 4 rings (SSSR count). The van der Waals surface area contributed by atoms with E-state index in [0.717, 1.165) is 10.9 Å². The van der Waals surface area contributed by atoms with Gasteiger partial charge in [-0.05, 0) is 38.1 Å². The number of hydrogen-bond donors (Lipinski definition) is 0. The van der Waals surface area contributed by atoms with Crippen molar-refractivity contribution in [2.75, 3.05) is 0 Å². The Labute approximate surface area is 137 Å². The summed E-state index contributed by atoms with van der Waals surface area (Å²) in [5.41, 5.74) is 0.404. The summed E-state index contributed by atoms with van der Waals surface area (Å²) < 4.78 is 25.0. The third kappa shape index (κ3) is 2.46. The van der Waals surface area contributed by atoms with E-state index < -0.39 is 5.67 Å². The molecule has 0 aliphatic rings. The number of para-hydroxylation sites is 1. The zero-order valence-electron chi connectivity index (χ0n) is 13.2. The van der Waals surface area contributed by atoms with Crippen LogP contribution in [0.5, 0.6) is 0 Å². The van der Waals surface area contributed by atoms with E-state index >= 15 is 0 Å². The minimum absolute atomic E-state index is 0.0575. The lowest BCUT2D eigenvalue weighted by molar-refractivity contribution is 0.171. The van der Waals surface area contributed by atoms with Crippen molar-refractivity contribution in [3.63, 3.8) is 0 Å². The molecule has 0 N–H and O–H groups in total. The van der Waals surface area contributed by atoms with Gasteiger partial charge in [-0.15, -0.1) is 10.2 Å². The van der Waals surface area contributed by atoms with Crippen molar-refractivity contribution in [1.82, 2.24) is 15.2 Å². The van der Waals surface area contributed by atoms with Crippen LogP contribution in [0.4, 0.5) is 4.39 Å². The normalized spacial score (nSPS) is 12.0. The third-order valence-electron chi connectivity index (χ3n) is 3.65. The third-order valence-corrected chi connectivity index (χ3v) is 3.65. The molecular formula is C18H14FN3O2. The summed E-state index contributed by atoms with van der Waals surface area (Å²) in [4.78, 5) is 4.60. The van der Waals surface area contributed by atoms with E-state index in [1.54, 1.807) is 12.3 Å². The molecule has 0 spiro atoms. The number of hydrogen-bond acceptors (Lipinski definition) is 5. The van der Waals surface area contributed by atoms with Gasteiger partial charge in [0, 0.05) is 5.39 Å². The number of rotatable bonds is 3. The molecule has 24 heavy (non-hydrogen) atoms. The predicted molar refractivity (Wildman–Crippen MR) is 86.9 cm³/mol. The van der Waals surface area contributed by atoms with Crippen molar-refractivity contribution in [2.24, 2.45) is 0 Å². The van der Waals surface area contributed by atoms with Crippen molar-refractivity contribution in [3.8, 4) is 22.9 Å². The smallest absolute Gasteiger partial charge is 0.253 e. The molecule has 3 aromatic heterocycles. The van der Waals surface area contributed by atoms with Gasteiger partial charge in [0.05, 0.1) is 17.3 Å². The average molecular weight is 323 g/mol. The summed E-state index contributed by atoms with van der Waals surface area (Å²) in [6.07, 6.45) is 1.59. The fourth-order valence-electron chi connectivity index (χ4n) is 2.48. The van der Waals surface area contributed by atoms with Gasteiger partial charge in [-0.2, -0.15) is 0 Å². The Kier molecular flexibility index (Phi) is 3.19. The SMILES string of the molecule is CC(C)(F)c1nnc(-c2cc(-c3ccco3)nc3ccccc23)o1. The number of alkyl halides is 1. The second-order valence-corrected chi connectivity index (χ2v) is 5.93. The summed E-state index contributed by atoms with van der Waals surface area (Å²) in [5.74, 6) is 0.827. The minimum Gasteiger partial charge on any atom is -0.463 e. The average Bonchev–Trinajstić information content (AvgIpc) is 3.25. The van der Waals surface area contributed by atoms with Gasteiger partial charge in [-0.1, -0.05) is 18.2 Å². The Morgan fingerprint density at radius 1 is 1.04 bits per heavy atom. The lowest BCUT2D eigenvalue weighted by Gasteiger charge is -2.07.